The van der Waals surface area contributed by atoms with E-state index < -0.39 is 5.97 Å². The molecule has 0 spiro atoms. The van der Waals surface area contributed by atoms with Crippen molar-refractivity contribution >= 4 is 27.6 Å². The highest BCUT2D eigenvalue weighted by Gasteiger charge is 2.16. The van der Waals surface area contributed by atoms with Crippen LogP contribution in [0.15, 0.2) is 16.6 Å². The van der Waals surface area contributed by atoms with Gasteiger partial charge in [0.15, 0.2) is 0 Å². The Morgan fingerprint density at radius 3 is 2.71 bits per heavy atom. The second-order valence-corrected chi connectivity index (χ2v) is 6.08. The van der Waals surface area contributed by atoms with Gasteiger partial charge < -0.3 is 15.6 Å². The predicted molar refractivity (Wildman–Crippen MR) is 85.1 cm³/mol. The molecule has 0 aliphatic carbocycles. The van der Waals surface area contributed by atoms with Gasteiger partial charge in [-0.25, -0.2) is 4.79 Å². The number of likely N-dealkylation sites (tertiary alicyclic amines) is 1. The summed E-state index contributed by atoms with van der Waals surface area (Å²) in [5.74, 6) is -0.440. The highest BCUT2D eigenvalue weighted by atomic mass is 79.9. The standard InChI is InChI=1S/C15H21BrN2O3/c16-13-9-11(15(20)21-7-6-19)8-12(14(13)17)10-18-4-2-1-3-5-18/h8-9,19H,1-7,10,17H2. The van der Waals surface area contributed by atoms with Crippen LogP contribution in [0.4, 0.5) is 5.69 Å². The summed E-state index contributed by atoms with van der Waals surface area (Å²) in [5, 5.41) is 8.72. The summed E-state index contributed by atoms with van der Waals surface area (Å²) in [7, 11) is 0. The molecule has 6 heteroatoms. The average Bonchev–Trinajstić information content (AvgIpc) is 2.50. The fourth-order valence-electron chi connectivity index (χ4n) is 2.50. The molecule has 5 nitrogen and oxygen atoms in total. The molecule has 0 amide bonds. The van der Waals surface area contributed by atoms with E-state index in [1.165, 1.54) is 19.3 Å². The minimum Gasteiger partial charge on any atom is -0.460 e. The predicted octanol–water partition coefficient (Wildman–Crippen LogP) is 2.17. The topological polar surface area (TPSA) is 75.8 Å². The van der Waals surface area contributed by atoms with Gasteiger partial charge in [-0.15, -0.1) is 0 Å². The Bertz CT molecular complexity index is 502. The lowest BCUT2D eigenvalue weighted by molar-refractivity contribution is 0.0433. The number of rotatable bonds is 5. The summed E-state index contributed by atoms with van der Waals surface area (Å²) in [4.78, 5) is 14.3. The molecule has 0 atom stereocenters. The molecule has 1 aromatic carbocycles. The second-order valence-electron chi connectivity index (χ2n) is 5.23. The Morgan fingerprint density at radius 1 is 1.33 bits per heavy atom. The first-order chi connectivity index (χ1) is 10.1. The van der Waals surface area contributed by atoms with Gasteiger partial charge in [0.1, 0.15) is 6.61 Å². The molecular formula is C15H21BrN2O3. The van der Waals surface area contributed by atoms with E-state index in [4.69, 9.17) is 15.6 Å². The number of benzene rings is 1. The lowest BCUT2D eigenvalue weighted by Crippen LogP contribution is -2.29. The zero-order valence-corrected chi connectivity index (χ0v) is 13.6. The first kappa shape index (κ1) is 16.3. The molecular weight excluding hydrogens is 336 g/mol. The molecule has 1 saturated heterocycles. The number of carbonyl (C=O) groups excluding carboxylic acids is 1. The first-order valence-corrected chi connectivity index (χ1v) is 7.99. The number of nitrogens with two attached hydrogens (primary N) is 1. The van der Waals surface area contributed by atoms with Crippen molar-refractivity contribution in [3.63, 3.8) is 0 Å². The smallest absolute Gasteiger partial charge is 0.338 e. The van der Waals surface area contributed by atoms with E-state index in [0.29, 0.717) is 15.7 Å². The number of esters is 1. The van der Waals surface area contributed by atoms with Crippen molar-refractivity contribution in [2.24, 2.45) is 0 Å². The molecule has 0 bridgehead atoms. The van der Waals surface area contributed by atoms with Crippen LogP contribution in [0.1, 0.15) is 35.2 Å². The van der Waals surface area contributed by atoms with Crippen LogP contribution in [-0.4, -0.2) is 42.3 Å². The van der Waals surface area contributed by atoms with E-state index in [0.717, 1.165) is 25.2 Å². The molecule has 21 heavy (non-hydrogen) atoms. The van der Waals surface area contributed by atoms with Crippen LogP contribution in [0.25, 0.3) is 0 Å². The number of aliphatic hydroxyl groups is 1. The number of piperidine rings is 1. The fourth-order valence-corrected chi connectivity index (χ4v) is 3.00. The van der Waals surface area contributed by atoms with Crippen LogP contribution < -0.4 is 5.73 Å². The van der Waals surface area contributed by atoms with Crippen LogP contribution in [0, 0.1) is 0 Å². The van der Waals surface area contributed by atoms with Gasteiger partial charge in [-0.3, -0.25) is 4.90 Å². The third-order valence-electron chi connectivity index (χ3n) is 3.62. The number of hydrogen-bond donors (Lipinski definition) is 2. The largest absolute Gasteiger partial charge is 0.460 e. The quantitative estimate of drug-likeness (QED) is 0.624. The molecule has 1 heterocycles. The van der Waals surface area contributed by atoms with Crippen LogP contribution in [-0.2, 0) is 11.3 Å². The molecule has 0 unspecified atom stereocenters. The number of halogens is 1. The summed E-state index contributed by atoms with van der Waals surface area (Å²) in [6.45, 7) is 2.70. The summed E-state index contributed by atoms with van der Waals surface area (Å²) in [6.07, 6.45) is 3.70. The highest BCUT2D eigenvalue weighted by Crippen LogP contribution is 2.27. The summed E-state index contributed by atoms with van der Waals surface area (Å²) in [5.41, 5.74) is 8.16. The minimum atomic E-state index is -0.440. The number of hydrogen-bond acceptors (Lipinski definition) is 5. The van der Waals surface area contributed by atoms with Crippen LogP contribution in [0.3, 0.4) is 0 Å². The Hall–Kier alpha value is -1.11. The van der Waals surface area contributed by atoms with E-state index in [1.807, 2.05) is 0 Å². The third kappa shape index (κ3) is 4.43. The molecule has 0 radical (unpaired) electrons. The maximum absolute atomic E-state index is 11.9. The minimum absolute atomic E-state index is 0.00227. The van der Waals surface area contributed by atoms with Crippen molar-refractivity contribution in [2.75, 3.05) is 32.0 Å². The number of anilines is 1. The summed E-state index contributed by atoms with van der Waals surface area (Å²) >= 11 is 3.40. The van der Waals surface area contributed by atoms with Crippen molar-refractivity contribution in [3.8, 4) is 0 Å². The first-order valence-electron chi connectivity index (χ1n) is 7.20. The Kier molecular flexibility index (Phi) is 6.02. The van der Waals surface area contributed by atoms with Gasteiger partial charge in [-0.1, -0.05) is 6.42 Å². The van der Waals surface area contributed by atoms with Crippen LogP contribution >= 0.6 is 15.9 Å². The van der Waals surface area contributed by atoms with Gasteiger partial charge in [0.05, 0.1) is 17.9 Å². The highest BCUT2D eigenvalue weighted by molar-refractivity contribution is 9.10. The normalized spacial score (nSPS) is 15.9. The van der Waals surface area contributed by atoms with Crippen molar-refractivity contribution in [1.82, 2.24) is 4.90 Å². The Morgan fingerprint density at radius 2 is 2.05 bits per heavy atom. The lowest BCUT2D eigenvalue weighted by Gasteiger charge is -2.27. The van der Waals surface area contributed by atoms with Gasteiger partial charge >= 0.3 is 5.97 Å². The van der Waals surface area contributed by atoms with Crippen molar-refractivity contribution in [3.05, 3.63) is 27.7 Å². The number of carbonyl (C=O) groups is 1. The van der Waals surface area contributed by atoms with E-state index in [2.05, 4.69) is 20.8 Å². The van der Waals surface area contributed by atoms with E-state index in [1.54, 1.807) is 12.1 Å². The van der Waals surface area contributed by atoms with Crippen LogP contribution in [0.5, 0.6) is 0 Å². The zero-order chi connectivity index (χ0) is 15.2. The van der Waals surface area contributed by atoms with Gasteiger partial charge in [-0.2, -0.15) is 0 Å². The van der Waals surface area contributed by atoms with Crippen molar-refractivity contribution < 1.29 is 14.6 Å². The van der Waals surface area contributed by atoms with Crippen molar-refractivity contribution in [2.45, 2.75) is 25.8 Å². The molecule has 0 aromatic heterocycles. The van der Waals surface area contributed by atoms with Crippen molar-refractivity contribution in [1.29, 1.82) is 0 Å². The molecule has 1 aromatic rings. The molecule has 2 rings (SSSR count). The van der Waals surface area contributed by atoms with Gasteiger partial charge in [0, 0.05) is 11.0 Å². The molecule has 116 valence electrons. The number of ether oxygens (including phenoxy) is 1. The van der Waals surface area contributed by atoms with Gasteiger partial charge in [0.2, 0.25) is 0 Å². The zero-order valence-electron chi connectivity index (χ0n) is 12.0. The van der Waals surface area contributed by atoms with Gasteiger partial charge in [0.25, 0.3) is 0 Å². The second kappa shape index (κ2) is 7.77. The maximum Gasteiger partial charge on any atom is 0.338 e. The third-order valence-corrected chi connectivity index (χ3v) is 4.27. The lowest BCUT2D eigenvalue weighted by atomic mass is 10.1. The Labute approximate surface area is 133 Å². The SMILES string of the molecule is Nc1c(Br)cc(C(=O)OCCO)cc1CN1CCCCC1. The summed E-state index contributed by atoms with van der Waals surface area (Å²) < 4.78 is 5.65. The monoisotopic (exact) mass is 356 g/mol. The summed E-state index contributed by atoms with van der Waals surface area (Å²) in [6, 6.07) is 3.45. The molecule has 0 saturated carbocycles. The molecule has 1 aliphatic rings. The maximum atomic E-state index is 11.9. The number of nitrogen functional groups attached to an aromatic ring is 1. The van der Waals surface area contributed by atoms with Crippen LogP contribution in [0.2, 0.25) is 0 Å². The molecule has 1 fully saturated rings. The van der Waals surface area contributed by atoms with Gasteiger partial charge in [-0.05, 0) is 59.6 Å². The average molecular weight is 357 g/mol. The molecule has 1 aliphatic heterocycles. The van der Waals surface area contributed by atoms with E-state index >= 15 is 0 Å². The number of nitrogens with zero attached hydrogens (tertiary/aromatic N) is 1. The fraction of sp³-hybridized carbons (Fsp3) is 0.533. The van der Waals surface area contributed by atoms with E-state index in [9.17, 15) is 4.79 Å². The Balaban J connectivity index is 2.15. The molecule has 3 N–H and O–H groups in total. The number of aliphatic hydroxyl groups excluding tert-OH is 1. The van der Waals surface area contributed by atoms with E-state index in [-0.39, 0.29) is 13.2 Å².